The van der Waals surface area contributed by atoms with E-state index in [4.69, 9.17) is 15.0 Å². The van der Waals surface area contributed by atoms with E-state index in [0.717, 1.165) is 15.9 Å². The summed E-state index contributed by atoms with van der Waals surface area (Å²) in [5.74, 6) is -0.670. The zero-order valence-corrected chi connectivity index (χ0v) is 15.5. The fraction of sp³-hybridized carbons (Fsp3) is 0.368. The molecule has 6 nitrogen and oxygen atoms in total. The molecular formula is C19H23BN2O4. The van der Waals surface area contributed by atoms with E-state index < -0.39 is 18.3 Å². The third-order valence-electron chi connectivity index (χ3n) is 5.10. The van der Waals surface area contributed by atoms with Gasteiger partial charge in [-0.3, -0.25) is 9.59 Å². The van der Waals surface area contributed by atoms with Crippen LogP contribution >= 0.6 is 0 Å². The van der Waals surface area contributed by atoms with Gasteiger partial charge in [0.15, 0.2) is 0 Å². The number of amides is 2. The molecule has 0 atom stereocenters. The number of nitrogens with zero attached hydrogens (tertiary/aromatic N) is 1. The van der Waals surface area contributed by atoms with Gasteiger partial charge >= 0.3 is 7.12 Å². The normalized spacial score (nSPS) is 21.8. The molecule has 2 N–H and O–H groups in total. The number of hydrogen-bond acceptors (Lipinski definition) is 5. The second kappa shape index (κ2) is 6.50. The molecule has 0 radical (unpaired) electrons. The maximum Gasteiger partial charge on any atom is 0.491 e. The third-order valence-corrected chi connectivity index (χ3v) is 5.10. The highest BCUT2D eigenvalue weighted by Gasteiger charge is 2.52. The summed E-state index contributed by atoms with van der Waals surface area (Å²) < 4.78 is 12.1. The van der Waals surface area contributed by atoms with Gasteiger partial charge in [-0.1, -0.05) is 18.2 Å². The van der Waals surface area contributed by atoms with Crippen LogP contribution in [0.1, 0.15) is 33.3 Å². The smallest absolute Gasteiger partial charge is 0.400 e. The zero-order chi connectivity index (χ0) is 19.1. The van der Waals surface area contributed by atoms with Crippen LogP contribution in [0.4, 0.5) is 5.69 Å². The van der Waals surface area contributed by atoms with E-state index in [-0.39, 0.29) is 11.8 Å². The van der Waals surface area contributed by atoms with Crippen molar-refractivity contribution in [2.45, 2.75) is 38.9 Å². The highest BCUT2D eigenvalue weighted by molar-refractivity contribution is 6.55. The first-order valence-corrected chi connectivity index (χ1v) is 8.57. The van der Waals surface area contributed by atoms with Crippen molar-refractivity contribution in [1.29, 1.82) is 0 Å². The Labute approximate surface area is 153 Å². The van der Waals surface area contributed by atoms with E-state index in [2.05, 4.69) is 0 Å². The molecule has 0 aromatic heterocycles. The van der Waals surface area contributed by atoms with E-state index in [1.165, 1.54) is 12.2 Å². The summed E-state index contributed by atoms with van der Waals surface area (Å²) in [6.45, 7) is 8.27. The van der Waals surface area contributed by atoms with Crippen molar-refractivity contribution in [1.82, 2.24) is 0 Å². The minimum absolute atomic E-state index is 0.297. The van der Waals surface area contributed by atoms with Crippen molar-refractivity contribution >= 4 is 30.7 Å². The second-order valence-electron chi connectivity index (χ2n) is 7.45. The van der Waals surface area contributed by atoms with Crippen molar-refractivity contribution in [3.05, 3.63) is 47.5 Å². The first-order chi connectivity index (χ1) is 12.1. The van der Waals surface area contributed by atoms with E-state index in [0.29, 0.717) is 12.2 Å². The number of carbonyl (C=O) groups excluding carboxylic acids is 2. The van der Waals surface area contributed by atoms with Crippen molar-refractivity contribution < 1.29 is 18.9 Å². The van der Waals surface area contributed by atoms with Crippen LogP contribution in [0, 0.1) is 0 Å². The lowest BCUT2D eigenvalue weighted by atomic mass is 9.77. The highest BCUT2D eigenvalue weighted by atomic mass is 16.7. The zero-order valence-electron chi connectivity index (χ0n) is 15.5. The lowest BCUT2D eigenvalue weighted by molar-refractivity contribution is -0.119. The van der Waals surface area contributed by atoms with Crippen LogP contribution in [-0.4, -0.2) is 36.7 Å². The highest BCUT2D eigenvalue weighted by Crippen LogP contribution is 2.38. The molecule has 0 aliphatic carbocycles. The molecule has 0 unspecified atom stereocenters. The Morgan fingerprint density at radius 2 is 1.54 bits per heavy atom. The molecule has 2 heterocycles. The van der Waals surface area contributed by atoms with Crippen LogP contribution in [0.15, 0.2) is 41.9 Å². The molecule has 1 saturated heterocycles. The van der Waals surface area contributed by atoms with Gasteiger partial charge in [-0.25, -0.2) is 4.90 Å². The molecule has 26 heavy (non-hydrogen) atoms. The van der Waals surface area contributed by atoms with Crippen LogP contribution in [0.25, 0.3) is 6.08 Å². The quantitative estimate of drug-likeness (QED) is 0.661. The second-order valence-corrected chi connectivity index (χ2v) is 7.45. The lowest BCUT2D eigenvalue weighted by Crippen LogP contribution is -2.41. The summed E-state index contributed by atoms with van der Waals surface area (Å²) in [6, 6.07) is 7.12. The van der Waals surface area contributed by atoms with Gasteiger partial charge in [-0.05, 0) is 50.9 Å². The Hall–Kier alpha value is -2.22. The summed E-state index contributed by atoms with van der Waals surface area (Å²) in [5, 5.41) is 0. The van der Waals surface area contributed by atoms with Gasteiger partial charge < -0.3 is 15.0 Å². The van der Waals surface area contributed by atoms with Gasteiger partial charge in [0.05, 0.1) is 16.9 Å². The van der Waals surface area contributed by atoms with Crippen LogP contribution in [0.5, 0.6) is 0 Å². The number of carbonyl (C=O) groups is 2. The van der Waals surface area contributed by atoms with Gasteiger partial charge in [0.1, 0.15) is 0 Å². The molecule has 3 rings (SSSR count). The van der Waals surface area contributed by atoms with Crippen LogP contribution in [-0.2, 0) is 18.9 Å². The molecule has 1 aromatic carbocycles. The molecule has 0 spiro atoms. The first-order valence-electron chi connectivity index (χ1n) is 8.57. The molecule has 2 amide bonds. The molecule has 136 valence electrons. The van der Waals surface area contributed by atoms with Crippen LogP contribution < -0.4 is 10.6 Å². The monoisotopic (exact) mass is 354 g/mol. The Balaban J connectivity index is 1.80. The minimum atomic E-state index is -0.504. The third kappa shape index (κ3) is 3.25. The Kier molecular flexibility index (Phi) is 4.64. The fourth-order valence-electron chi connectivity index (χ4n) is 2.81. The maximum absolute atomic E-state index is 11.7. The number of imide groups is 1. The molecular weight excluding hydrogens is 331 g/mol. The molecule has 2 aliphatic heterocycles. The number of nitrogens with two attached hydrogens (primary N) is 1. The molecule has 0 bridgehead atoms. The Morgan fingerprint density at radius 1 is 1.04 bits per heavy atom. The van der Waals surface area contributed by atoms with Crippen LogP contribution in [0.2, 0.25) is 0 Å². The van der Waals surface area contributed by atoms with E-state index >= 15 is 0 Å². The molecule has 0 saturated carbocycles. The average molecular weight is 354 g/mol. The predicted octanol–water partition coefficient (Wildman–Crippen LogP) is 2.09. The van der Waals surface area contributed by atoms with Gasteiger partial charge in [-0.15, -0.1) is 0 Å². The Bertz CT molecular complexity index is 762. The molecule has 2 aliphatic rings. The lowest BCUT2D eigenvalue weighted by Gasteiger charge is -2.32. The summed E-state index contributed by atoms with van der Waals surface area (Å²) in [4.78, 5) is 24.6. The maximum atomic E-state index is 11.7. The van der Waals surface area contributed by atoms with E-state index in [1.807, 2.05) is 45.9 Å². The first kappa shape index (κ1) is 18.6. The predicted molar refractivity (Wildman–Crippen MR) is 101 cm³/mol. The largest absolute Gasteiger partial charge is 0.491 e. The summed E-state index contributed by atoms with van der Waals surface area (Å²) in [7, 11) is -0.504. The van der Waals surface area contributed by atoms with Crippen molar-refractivity contribution in [3.8, 4) is 0 Å². The van der Waals surface area contributed by atoms with Gasteiger partial charge in [0.25, 0.3) is 11.8 Å². The summed E-state index contributed by atoms with van der Waals surface area (Å²) in [6.07, 6.45) is 4.44. The number of anilines is 1. The van der Waals surface area contributed by atoms with Gasteiger partial charge in [0.2, 0.25) is 0 Å². The van der Waals surface area contributed by atoms with Crippen molar-refractivity contribution in [3.63, 3.8) is 0 Å². The van der Waals surface area contributed by atoms with Crippen LogP contribution in [0.3, 0.4) is 0 Å². The summed E-state index contributed by atoms with van der Waals surface area (Å²) >= 11 is 0. The molecule has 1 aromatic rings. The van der Waals surface area contributed by atoms with Gasteiger partial charge in [-0.2, -0.15) is 0 Å². The Morgan fingerprint density at radius 3 is 2.00 bits per heavy atom. The minimum Gasteiger partial charge on any atom is -0.400 e. The van der Waals surface area contributed by atoms with Gasteiger partial charge in [0, 0.05) is 18.7 Å². The van der Waals surface area contributed by atoms with Crippen molar-refractivity contribution in [2.24, 2.45) is 5.73 Å². The van der Waals surface area contributed by atoms with Crippen molar-refractivity contribution in [2.75, 3.05) is 11.4 Å². The fourth-order valence-corrected chi connectivity index (χ4v) is 2.81. The van der Waals surface area contributed by atoms with E-state index in [1.54, 1.807) is 12.1 Å². The SMILES string of the molecule is CC1(C)OB(C(=Cc2ccc(N3C(=O)C=CC3=O)cc2)CN)OC1(C)C. The average Bonchev–Trinajstić information content (AvgIpc) is 3.01. The number of hydrogen-bond donors (Lipinski definition) is 1. The standard InChI is InChI=1S/C19H23BN2O4/c1-18(2)19(3,4)26-20(25-18)14(12-21)11-13-5-7-15(8-6-13)22-16(23)9-10-17(22)24/h5-11H,12,21H2,1-4H3. The van der Waals surface area contributed by atoms with E-state index in [9.17, 15) is 9.59 Å². The molecule has 7 heteroatoms. The molecule has 1 fully saturated rings. The number of benzene rings is 1. The topological polar surface area (TPSA) is 81.9 Å². The summed E-state index contributed by atoms with van der Waals surface area (Å²) in [5.41, 5.74) is 7.29. The number of rotatable bonds is 4.